The van der Waals surface area contributed by atoms with Gasteiger partial charge in [0.25, 0.3) is 5.91 Å². The lowest BCUT2D eigenvalue weighted by atomic mass is 10.2. The Kier molecular flexibility index (Phi) is 4.07. The van der Waals surface area contributed by atoms with E-state index in [9.17, 15) is 4.79 Å². The summed E-state index contributed by atoms with van der Waals surface area (Å²) in [6, 6.07) is 3.37. The molecule has 0 fully saturated rings. The molecule has 0 saturated heterocycles. The number of nitrogens with two attached hydrogens (primary N) is 1. The molecule has 1 heterocycles. The van der Waals surface area contributed by atoms with Gasteiger partial charge in [-0.15, -0.1) is 0 Å². The fraction of sp³-hybridized carbons (Fsp3) is 0.400. The summed E-state index contributed by atoms with van der Waals surface area (Å²) in [5.41, 5.74) is 6.06. The summed E-state index contributed by atoms with van der Waals surface area (Å²) < 4.78 is 0. The molecule has 1 rings (SSSR count). The SMILES string of the molecule is CC(CN)CNC(=O)c1ccncc1. The van der Waals surface area contributed by atoms with Gasteiger partial charge < -0.3 is 11.1 Å². The van der Waals surface area contributed by atoms with E-state index >= 15 is 0 Å². The first kappa shape index (κ1) is 10.7. The Bertz CT molecular complexity index is 287. The number of aromatic nitrogens is 1. The maximum Gasteiger partial charge on any atom is 0.251 e. The van der Waals surface area contributed by atoms with Crippen LogP contribution in [0.15, 0.2) is 24.5 Å². The van der Waals surface area contributed by atoms with E-state index in [4.69, 9.17) is 5.73 Å². The average Bonchev–Trinajstić information content (AvgIpc) is 2.26. The predicted molar refractivity (Wildman–Crippen MR) is 54.8 cm³/mol. The van der Waals surface area contributed by atoms with E-state index in [1.165, 1.54) is 0 Å². The zero-order valence-corrected chi connectivity index (χ0v) is 8.23. The molecule has 0 aliphatic carbocycles. The van der Waals surface area contributed by atoms with Crippen LogP contribution in [-0.2, 0) is 0 Å². The van der Waals surface area contributed by atoms with E-state index in [1.807, 2.05) is 6.92 Å². The number of nitrogens with one attached hydrogen (secondary N) is 1. The van der Waals surface area contributed by atoms with Crippen LogP contribution < -0.4 is 11.1 Å². The topological polar surface area (TPSA) is 68.0 Å². The minimum absolute atomic E-state index is 0.0762. The Morgan fingerprint density at radius 1 is 1.57 bits per heavy atom. The third-order valence-electron chi connectivity index (χ3n) is 1.96. The normalized spacial score (nSPS) is 12.1. The fourth-order valence-corrected chi connectivity index (χ4v) is 0.956. The van der Waals surface area contributed by atoms with Gasteiger partial charge in [-0.1, -0.05) is 6.92 Å². The summed E-state index contributed by atoms with van der Waals surface area (Å²) in [5.74, 6) is 0.230. The second-order valence-electron chi connectivity index (χ2n) is 3.29. The molecule has 4 heteroatoms. The highest BCUT2D eigenvalue weighted by Crippen LogP contribution is 1.96. The molecule has 0 aliphatic rings. The van der Waals surface area contributed by atoms with Gasteiger partial charge in [0.05, 0.1) is 0 Å². The number of hydrogen-bond donors (Lipinski definition) is 2. The van der Waals surface area contributed by atoms with Gasteiger partial charge in [-0.05, 0) is 24.6 Å². The first-order valence-electron chi connectivity index (χ1n) is 4.62. The molecule has 1 unspecified atom stereocenters. The van der Waals surface area contributed by atoms with E-state index in [0.717, 1.165) is 0 Å². The third-order valence-corrected chi connectivity index (χ3v) is 1.96. The molecular weight excluding hydrogens is 178 g/mol. The van der Waals surface area contributed by atoms with Crippen molar-refractivity contribution in [1.29, 1.82) is 0 Å². The zero-order chi connectivity index (χ0) is 10.4. The second-order valence-corrected chi connectivity index (χ2v) is 3.29. The molecule has 1 amide bonds. The molecule has 1 aromatic rings. The molecule has 14 heavy (non-hydrogen) atoms. The smallest absolute Gasteiger partial charge is 0.251 e. The maximum absolute atomic E-state index is 11.5. The highest BCUT2D eigenvalue weighted by atomic mass is 16.1. The second kappa shape index (κ2) is 5.34. The van der Waals surface area contributed by atoms with Gasteiger partial charge in [0.1, 0.15) is 0 Å². The third kappa shape index (κ3) is 3.14. The maximum atomic E-state index is 11.5. The van der Waals surface area contributed by atoms with Crippen LogP contribution in [0.5, 0.6) is 0 Å². The van der Waals surface area contributed by atoms with Gasteiger partial charge in [-0.2, -0.15) is 0 Å². The van der Waals surface area contributed by atoms with Crippen LogP contribution in [0.4, 0.5) is 0 Å². The number of rotatable bonds is 4. The largest absolute Gasteiger partial charge is 0.352 e. The molecule has 1 aromatic heterocycles. The first-order chi connectivity index (χ1) is 6.74. The Balaban J connectivity index is 2.44. The van der Waals surface area contributed by atoms with Gasteiger partial charge >= 0.3 is 0 Å². The molecule has 3 N–H and O–H groups in total. The van der Waals surface area contributed by atoms with Crippen LogP contribution in [0.1, 0.15) is 17.3 Å². The van der Waals surface area contributed by atoms with Crippen molar-refractivity contribution in [2.24, 2.45) is 11.7 Å². The monoisotopic (exact) mass is 193 g/mol. The highest BCUT2D eigenvalue weighted by Gasteiger charge is 2.05. The molecular formula is C10H15N3O. The quantitative estimate of drug-likeness (QED) is 0.727. The lowest BCUT2D eigenvalue weighted by Gasteiger charge is -2.09. The Morgan fingerprint density at radius 3 is 2.79 bits per heavy atom. The van der Waals surface area contributed by atoms with Gasteiger partial charge in [0, 0.05) is 24.5 Å². The van der Waals surface area contributed by atoms with E-state index in [1.54, 1.807) is 24.5 Å². The van der Waals surface area contributed by atoms with Gasteiger partial charge in [-0.3, -0.25) is 9.78 Å². The standard InChI is InChI=1S/C10H15N3O/c1-8(6-11)7-13-10(14)9-2-4-12-5-3-9/h2-5,8H,6-7,11H2,1H3,(H,13,14). The van der Waals surface area contributed by atoms with Crippen LogP contribution in [0.25, 0.3) is 0 Å². The zero-order valence-electron chi connectivity index (χ0n) is 8.23. The van der Waals surface area contributed by atoms with E-state index < -0.39 is 0 Å². The van der Waals surface area contributed by atoms with Crippen LogP contribution >= 0.6 is 0 Å². The number of carbonyl (C=O) groups excluding carboxylic acids is 1. The van der Waals surface area contributed by atoms with E-state index in [2.05, 4.69) is 10.3 Å². The van der Waals surface area contributed by atoms with Gasteiger partial charge in [0.15, 0.2) is 0 Å². The minimum Gasteiger partial charge on any atom is -0.352 e. The summed E-state index contributed by atoms with van der Waals surface area (Å²) in [6.45, 7) is 3.18. The number of amides is 1. The van der Waals surface area contributed by atoms with Crippen molar-refractivity contribution in [1.82, 2.24) is 10.3 Å². The molecule has 0 aliphatic heterocycles. The van der Waals surface area contributed by atoms with Crippen molar-refractivity contribution in [3.63, 3.8) is 0 Å². The van der Waals surface area contributed by atoms with Gasteiger partial charge in [-0.25, -0.2) is 0 Å². The molecule has 0 radical (unpaired) electrons. The minimum atomic E-state index is -0.0762. The van der Waals surface area contributed by atoms with Crippen LogP contribution in [0, 0.1) is 5.92 Å². The number of pyridine rings is 1. The van der Waals surface area contributed by atoms with Crippen molar-refractivity contribution in [2.45, 2.75) is 6.92 Å². The number of hydrogen-bond acceptors (Lipinski definition) is 3. The van der Waals surface area contributed by atoms with E-state index in [-0.39, 0.29) is 5.91 Å². The summed E-state index contributed by atoms with van der Waals surface area (Å²) >= 11 is 0. The molecule has 0 saturated carbocycles. The molecule has 1 atom stereocenters. The Labute approximate surface area is 83.5 Å². The van der Waals surface area contributed by atoms with Crippen LogP contribution in [0.2, 0.25) is 0 Å². The van der Waals surface area contributed by atoms with Gasteiger partial charge in [0.2, 0.25) is 0 Å². The first-order valence-corrected chi connectivity index (χ1v) is 4.62. The summed E-state index contributed by atoms with van der Waals surface area (Å²) in [7, 11) is 0. The van der Waals surface area contributed by atoms with E-state index in [0.29, 0.717) is 24.6 Å². The van der Waals surface area contributed by atoms with Crippen molar-refractivity contribution >= 4 is 5.91 Å². The van der Waals surface area contributed by atoms with Crippen molar-refractivity contribution in [3.05, 3.63) is 30.1 Å². The Morgan fingerprint density at radius 2 is 2.21 bits per heavy atom. The molecule has 76 valence electrons. The number of carbonyl (C=O) groups is 1. The Hall–Kier alpha value is -1.42. The lowest BCUT2D eigenvalue weighted by molar-refractivity contribution is 0.0948. The predicted octanol–water partition coefficient (Wildman–Crippen LogP) is 0.406. The molecule has 0 bridgehead atoms. The number of nitrogens with zero attached hydrogens (tertiary/aromatic N) is 1. The average molecular weight is 193 g/mol. The van der Waals surface area contributed by atoms with Crippen molar-refractivity contribution in [2.75, 3.05) is 13.1 Å². The van der Waals surface area contributed by atoms with Crippen molar-refractivity contribution in [3.8, 4) is 0 Å². The summed E-state index contributed by atoms with van der Waals surface area (Å²) in [4.78, 5) is 15.3. The molecule has 0 spiro atoms. The fourth-order valence-electron chi connectivity index (χ4n) is 0.956. The lowest BCUT2D eigenvalue weighted by Crippen LogP contribution is -2.31. The highest BCUT2D eigenvalue weighted by molar-refractivity contribution is 5.93. The van der Waals surface area contributed by atoms with Crippen molar-refractivity contribution < 1.29 is 4.79 Å². The molecule has 0 aromatic carbocycles. The summed E-state index contributed by atoms with van der Waals surface area (Å²) in [6.07, 6.45) is 3.20. The van der Waals surface area contributed by atoms with Crippen LogP contribution in [0.3, 0.4) is 0 Å². The van der Waals surface area contributed by atoms with Crippen LogP contribution in [-0.4, -0.2) is 24.0 Å². The summed E-state index contributed by atoms with van der Waals surface area (Å²) in [5, 5.41) is 2.80. The molecule has 4 nitrogen and oxygen atoms in total.